The number of rotatable bonds is 3. The number of methoxy groups -OCH3 is 1. The summed E-state index contributed by atoms with van der Waals surface area (Å²) in [6.45, 7) is 2.05. The number of carbonyl (C=O) groups is 1. The van der Waals surface area contributed by atoms with E-state index < -0.39 is 16.1 Å². The zero-order chi connectivity index (χ0) is 14.9. The minimum atomic E-state index is -3.84. The van der Waals surface area contributed by atoms with Crippen LogP contribution in [0.2, 0.25) is 0 Å². The lowest BCUT2D eigenvalue weighted by atomic mass is 10.2. The predicted molar refractivity (Wildman–Crippen MR) is 73.8 cm³/mol. The van der Waals surface area contributed by atoms with E-state index in [1.807, 2.05) is 0 Å². The van der Waals surface area contributed by atoms with Gasteiger partial charge in [-0.1, -0.05) is 0 Å². The molecule has 8 heteroatoms. The molecule has 1 aromatic carbocycles. The fourth-order valence-electron chi connectivity index (χ4n) is 2.11. The van der Waals surface area contributed by atoms with Crippen LogP contribution in [-0.2, 0) is 14.8 Å². The smallest absolute Gasteiger partial charge is 0.247 e. The van der Waals surface area contributed by atoms with Crippen molar-refractivity contribution >= 4 is 21.6 Å². The fraction of sp³-hybridized carbons (Fsp3) is 0.417. The van der Waals surface area contributed by atoms with Gasteiger partial charge in [-0.3, -0.25) is 4.79 Å². The minimum Gasteiger partial charge on any atom is -0.495 e. The summed E-state index contributed by atoms with van der Waals surface area (Å²) >= 11 is 0. The molecule has 2 rings (SSSR count). The number of amides is 1. The lowest BCUT2D eigenvalue weighted by molar-refractivity contribution is -0.126. The van der Waals surface area contributed by atoms with Gasteiger partial charge in [0.25, 0.3) is 0 Å². The standard InChI is InChI=1S/C12H17N3O4S/c1-8-12(16)14-5-6-15(8)20(17,18)11-7-9(13)3-4-10(11)19-2/h3-4,7-8H,5-6,13H2,1-2H3,(H,14,16). The van der Waals surface area contributed by atoms with Crippen LogP contribution in [-0.4, -0.2) is 44.9 Å². The summed E-state index contributed by atoms with van der Waals surface area (Å²) in [7, 11) is -2.46. The molecule has 0 spiro atoms. The number of benzene rings is 1. The normalized spacial score (nSPS) is 20.5. The van der Waals surface area contributed by atoms with E-state index in [1.54, 1.807) is 13.0 Å². The fourth-order valence-corrected chi connectivity index (χ4v) is 3.90. The number of hydrogen-bond donors (Lipinski definition) is 2. The molecule has 3 N–H and O–H groups in total. The first-order valence-electron chi connectivity index (χ1n) is 6.11. The highest BCUT2D eigenvalue weighted by atomic mass is 32.2. The van der Waals surface area contributed by atoms with Crippen LogP contribution < -0.4 is 15.8 Å². The van der Waals surface area contributed by atoms with Crippen LogP contribution in [0.5, 0.6) is 5.75 Å². The number of carbonyl (C=O) groups excluding carboxylic acids is 1. The molecule has 1 amide bonds. The van der Waals surface area contributed by atoms with E-state index in [0.29, 0.717) is 5.69 Å². The number of nitrogen functional groups attached to an aromatic ring is 1. The first-order valence-corrected chi connectivity index (χ1v) is 7.55. The molecule has 1 unspecified atom stereocenters. The Labute approximate surface area is 117 Å². The molecular weight excluding hydrogens is 282 g/mol. The molecule has 0 saturated carbocycles. The SMILES string of the molecule is COc1ccc(N)cc1S(=O)(=O)N1CCNC(=O)C1C. The Kier molecular flexibility index (Phi) is 3.87. The van der Waals surface area contributed by atoms with E-state index in [0.717, 1.165) is 4.31 Å². The third kappa shape index (κ3) is 2.44. The zero-order valence-corrected chi connectivity index (χ0v) is 12.1. The Hall–Kier alpha value is -1.80. The Balaban J connectivity index is 2.49. The molecule has 1 saturated heterocycles. The molecule has 7 nitrogen and oxygen atoms in total. The van der Waals surface area contributed by atoms with Gasteiger partial charge in [-0.05, 0) is 25.1 Å². The maximum absolute atomic E-state index is 12.7. The molecule has 1 aliphatic rings. The van der Waals surface area contributed by atoms with Crippen LogP contribution in [0, 0.1) is 0 Å². The van der Waals surface area contributed by atoms with Gasteiger partial charge in [0.1, 0.15) is 16.7 Å². The largest absolute Gasteiger partial charge is 0.495 e. The molecule has 0 aromatic heterocycles. The van der Waals surface area contributed by atoms with Gasteiger partial charge in [-0.15, -0.1) is 0 Å². The van der Waals surface area contributed by atoms with Crippen molar-refractivity contribution in [1.29, 1.82) is 0 Å². The molecule has 1 atom stereocenters. The average molecular weight is 299 g/mol. The number of sulfonamides is 1. The highest BCUT2D eigenvalue weighted by Crippen LogP contribution is 2.30. The van der Waals surface area contributed by atoms with Gasteiger partial charge in [0, 0.05) is 18.8 Å². The molecular formula is C12H17N3O4S. The summed E-state index contributed by atoms with van der Waals surface area (Å²) in [4.78, 5) is 11.6. The van der Waals surface area contributed by atoms with Gasteiger partial charge in [-0.25, -0.2) is 8.42 Å². The van der Waals surface area contributed by atoms with Crippen molar-refractivity contribution in [3.63, 3.8) is 0 Å². The maximum atomic E-state index is 12.7. The highest BCUT2D eigenvalue weighted by Gasteiger charge is 2.37. The lowest BCUT2D eigenvalue weighted by Crippen LogP contribution is -2.55. The number of piperazine rings is 1. The summed E-state index contributed by atoms with van der Waals surface area (Å²) in [6, 6.07) is 3.63. The van der Waals surface area contributed by atoms with Crippen LogP contribution in [0.3, 0.4) is 0 Å². The average Bonchev–Trinajstić information content (AvgIpc) is 2.41. The minimum absolute atomic E-state index is 0.0263. The lowest BCUT2D eigenvalue weighted by Gasteiger charge is -2.32. The predicted octanol–water partition coefficient (Wildman–Crippen LogP) is -0.214. The molecule has 1 aromatic rings. The maximum Gasteiger partial charge on any atom is 0.247 e. The Morgan fingerprint density at radius 2 is 2.15 bits per heavy atom. The van der Waals surface area contributed by atoms with Gasteiger partial charge < -0.3 is 15.8 Å². The summed E-state index contributed by atoms with van der Waals surface area (Å²) in [5.41, 5.74) is 5.97. The van der Waals surface area contributed by atoms with Crippen molar-refractivity contribution in [2.24, 2.45) is 0 Å². The van der Waals surface area contributed by atoms with Gasteiger partial charge >= 0.3 is 0 Å². The van der Waals surface area contributed by atoms with Crippen LogP contribution in [0.25, 0.3) is 0 Å². The van der Waals surface area contributed by atoms with Crippen molar-refractivity contribution in [2.75, 3.05) is 25.9 Å². The monoisotopic (exact) mass is 299 g/mol. The Morgan fingerprint density at radius 1 is 1.45 bits per heavy atom. The van der Waals surface area contributed by atoms with Crippen LogP contribution in [0.1, 0.15) is 6.92 Å². The van der Waals surface area contributed by atoms with E-state index >= 15 is 0 Å². The van der Waals surface area contributed by atoms with Crippen LogP contribution >= 0.6 is 0 Å². The summed E-state index contributed by atoms with van der Waals surface area (Å²) < 4.78 is 31.6. The van der Waals surface area contributed by atoms with E-state index in [1.165, 1.54) is 19.2 Å². The Morgan fingerprint density at radius 3 is 2.80 bits per heavy atom. The molecule has 0 radical (unpaired) electrons. The third-order valence-electron chi connectivity index (χ3n) is 3.22. The number of ether oxygens (including phenoxy) is 1. The van der Waals surface area contributed by atoms with Crippen molar-refractivity contribution in [3.05, 3.63) is 18.2 Å². The number of nitrogens with two attached hydrogens (primary N) is 1. The number of anilines is 1. The Bertz CT molecular complexity index is 630. The molecule has 0 bridgehead atoms. The molecule has 0 aliphatic carbocycles. The topological polar surface area (TPSA) is 102 Å². The first-order chi connectivity index (χ1) is 9.37. The van der Waals surface area contributed by atoms with Gasteiger partial charge in [0.2, 0.25) is 15.9 Å². The van der Waals surface area contributed by atoms with Crippen LogP contribution in [0.4, 0.5) is 5.69 Å². The van der Waals surface area contributed by atoms with E-state index in [-0.39, 0.29) is 29.6 Å². The van der Waals surface area contributed by atoms with Crippen molar-refractivity contribution < 1.29 is 17.9 Å². The second-order valence-electron chi connectivity index (χ2n) is 4.49. The third-order valence-corrected chi connectivity index (χ3v) is 5.21. The van der Waals surface area contributed by atoms with Gasteiger partial charge in [0.05, 0.1) is 7.11 Å². The van der Waals surface area contributed by atoms with Gasteiger partial charge in [0.15, 0.2) is 0 Å². The van der Waals surface area contributed by atoms with Gasteiger partial charge in [-0.2, -0.15) is 4.31 Å². The number of hydrogen-bond acceptors (Lipinski definition) is 5. The quantitative estimate of drug-likeness (QED) is 0.752. The first kappa shape index (κ1) is 14.6. The van der Waals surface area contributed by atoms with Crippen molar-refractivity contribution in [1.82, 2.24) is 9.62 Å². The van der Waals surface area contributed by atoms with E-state index in [9.17, 15) is 13.2 Å². The molecule has 20 heavy (non-hydrogen) atoms. The zero-order valence-electron chi connectivity index (χ0n) is 11.3. The number of nitrogens with one attached hydrogen (secondary N) is 1. The second-order valence-corrected chi connectivity index (χ2v) is 6.35. The summed E-state index contributed by atoms with van der Waals surface area (Å²) in [6.07, 6.45) is 0. The molecule has 1 aliphatic heterocycles. The van der Waals surface area contributed by atoms with Crippen molar-refractivity contribution in [3.8, 4) is 5.75 Å². The molecule has 110 valence electrons. The van der Waals surface area contributed by atoms with E-state index in [2.05, 4.69) is 5.32 Å². The van der Waals surface area contributed by atoms with Crippen molar-refractivity contribution in [2.45, 2.75) is 17.9 Å². The molecule has 1 fully saturated rings. The number of nitrogens with zero attached hydrogens (tertiary/aromatic N) is 1. The summed E-state index contributed by atoms with van der Waals surface area (Å²) in [5, 5.41) is 2.62. The summed E-state index contributed by atoms with van der Waals surface area (Å²) in [5.74, 6) is -0.111. The molecule has 1 heterocycles. The second kappa shape index (κ2) is 5.29. The highest BCUT2D eigenvalue weighted by molar-refractivity contribution is 7.89. The van der Waals surface area contributed by atoms with Crippen LogP contribution in [0.15, 0.2) is 23.1 Å². The van der Waals surface area contributed by atoms with E-state index in [4.69, 9.17) is 10.5 Å².